The van der Waals surface area contributed by atoms with Crippen LogP contribution in [0, 0.1) is 18.3 Å². The van der Waals surface area contributed by atoms with E-state index >= 15 is 0 Å². The number of carbonyl (C=O) groups excluding carboxylic acids is 2. The third-order valence-corrected chi connectivity index (χ3v) is 6.61. The number of aromatic nitrogens is 1. The molecule has 3 aromatic carbocycles. The Hall–Kier alpha value is -4.57. The average Bonchev–Trinajstić information content (AvgIpc) is 3.33. The van der Waals surface area contributed by atoms with Gasteiger partial charge in [0, 0.05) is 41.9 Å². The quantitative estimate of drug-likeness (QED) is 0.297. The summed E-state index contributed by atoms with van der Waals surface area (Å²) in [5, 5.41) is 13.1. The molecule has 0 fully saturated rings. The second kappa shape index (κ2) is 12.1. The highest BCUT2D eigenvalue weighted by Crippen LogP contribution is 2.19. The van der Waals surface area contributed by atoms with Crippen molar-refractivity contribution in [2.75, 3.05) is 18.4 Å². The lowest BCUT2D eigenvalue weighted by atomic mass is 10.1. The van der Waals surface area contributed by atoms with Crippen LogP contribution in [0.1, 0.15) is 36.1 Å². The van der Waals surface area contributed by atoms with E-state index in [1.54, 1.807) is 24.3 Å². The van der Waals surface area contributed by atoms with Gasteiger partial charge in [-0.1, -0.05) is 54.1 Å². The van der Waals surface area contributed by atoms with Crippen LogP contribution in [0.5, 0.6) is 0 Å². The first-order valence-electron chi connectivity index (χ1n) is 12.8. The summed E-state index contributed by atoms with van der Waals surface area (Å²) in [4.78, 5) is 33.5. The lowest BCUT2D eigenvalue weighted by Gasteiger charge is -2.30. The number of nitrogens with one attached hydrogen (secondary N) is 2. The number of anilines is 1. The minimum atomic E-state index is -0.379. The Morgan fingerprint density at radius 3 is 2.53 bits per heavy atom. The molecule has 4 aromatic rings. The Kier molecular flexibility index (Phi) is 8.44. The van der Waals surface area contributed by atoms with E-state index in [4.69, 9.17) is 5.26 Å². The zero-order valence-electron chi connectivity index (χ0n) is 22.1. The maximum atomic E-state index is 13.7. The van der Waals surface area contributed by atoms with Gasteiger partial charge in [0.2, 0.25) is 5.91 Å². The Morgan fingerprint density at radius 1 is 1.03 bits per heavy atom. The zero-order valence-corrected chi connectivity index (χ0v) is 22.1. The topological polar surface area (TPSA) is 92.2 Å². The summed E-state index contributed by atoms with van der Waals surface area (Å²) in [5.41, 5.74) is 5.39. The molecule has 0 spiro atoms. The van der Waals surface area contributed by atoms with Crippen molar-refractivity contribution in [2.45, 2.75) is 39.8 Å². The summed E-state index contributed by atoms with van der Waals surface area (Å²) in [6, 6.07) is 24.5. The predicted octanol–water partition coefficient (Wildman–Crippen LogP) is 5.86. The minimum absolute atomic E-state index is 0.0544. The normalized spacial score (nSPS) is 10.8. The summed E-state index contributed by atoms with van der Waals surface area (Å²) in [6.45, 7) is 6.73. The lowest BCUT2D eigenvalue weighted by molar-refractivity contribution is -0.132. The molecule has 1 aromatic heterocycles. The predicted molar refractivity (Wildman–Crippen MR) is 151 cm³/mol. The molecule has 1 heterocycles. The fourth-order valence-electron chi connectivity index (χ4n) is 4.40. The molecule has 0 aliphatic rings. The van der Waals surface area contributed by atoms with Gasteiger partial charge >= 0.3 is 6.03 Å². The van der Waals surface area contributed by atoms with Crippen molar-refractivity contribution in [2.24, 2.45) is 0 Å². The zero-order chi connectivity index (χ0) is 27.1. The third kappa shape index (κ3) is 6.60. The van der Waals surface area contributed by atoms with Gasteiger partial charge in [0.1, 0.15) is 6.54 Å². The second-order valence-corrected chi connectivity index (χ2v) is 9.75. The number of aromatic amines is 1. The molecular weight excluding hydrogens is 474 g/mol. The third-order valence-electron chi connectivity index (χ3n) is 6.61. The molecule has 0 unspecified atom stereocenters. The molecule has 0 saturated heterocycles. The van der Waals surface area contributed by atoms with Crippen LogP contribution in [0.3, 0.4) is 0 Å². The Balaban J connectivity index is 1.51. The van der Waals surface area contributed by atoms with E-state index in [1.165, 1.54) is 4.90 Å². The average molecular weight is 508 g/mol. The van der Waals surface area contributed by atoms with E-state index in [0.29, 0.717) is 30.8 Å². The number of nitriles is 1. The van der Waals surface area contributed by atoms with Crippen molar-refractivity contribution in [1.82, 2.24) is 14.8 Å². The molecule has 0 aliphatic heterocycles. The first kappa shape index (κ1) is 26.5. The Bertz CT molecular complexity index is 1450. The number of nitrogens with zero attached hydrogens (tertiary/aromatic N) is 3. The number of para-hydroxylation sites is 1. The number of aryl methyl sites for hydroxylation is 1. The van der Waals surface area contributed by atoms with Gasteiger partial charge < -0.3 is 20.1 Å². The van der Waals surface area contributed by atoms with Gasteiger partial charge in [-0.25, -0.2) is 4.79 Å². The smallest absolute Gasteiger partial charge is 0.322 e. The van der Waals surface area contributed by atoms with Crippen LogP contribution in [0.2, 0.25) is 0 Å². The number of carbonyl (C=O) groups is 2. The van der Waals surface area contributed by atoms with Crippen molar-refractivity contribution in [1.29, 1.82) is 5.26 Å². The van der Waals surface area contributed by atoms with Gasteiger partial charge in [-0.3, -0.25) is 4.79 Å². The van der Waals surface area contributed by atoms with Crippen LogP contribution in [0.4, 0.5) is 10.5 Å². The van der Waals surface area contributed by atoms with E-state index in [0.717, 1.165) is 27.6 Å². The number of hydrogen-bond donors (Lipinski definition) is 2. The lowest BCUT2D eigenvalue weighted by Crippen LogP contribution is -2.47. The molecule has 194 valence electrons. The SMILES string of the molecule is Cc1ccc(CN(CCc2c[nH]c3ccccc23)C(=O)CN(C(=O)Nc2cccc(C#N)c2)C(C)C)cc1. The van der Waals surface area contributed by atoms with Crippen molar-refractivity contribution in [3.8, 4) is 6.07 Å². The van der Waals surface area contributed by atoms with Gasteiger partial charge in [0.25, 0.3) is 0 Å². The number of fused-ring (bicyclic) bond motifs is 1. The van der Waals surface area contributed by atoms with Crippen LogP contribution in [-0.4, -0.2) is 45.9 Å². The van der Waals surface area contributed by atoms with E-state index in [-0.39, 0.29) is 24.5 Å². The number of H-pyrrole nitrogens is 1. The molecule has 0 radical (unpaired) electrons. The summed E-state index contributed by atoms with van der Waals surface area (Å²) in [7, 11) is 0. The Morgan fingerprint density at radius 2 is 1.79 bits per heavy atom. The van der Waals surface area contributed by atoms with Crippen LogP contribution in [-0.2, 0) is 17.8 Å². The van der Waals surface area contributed by atoms with Crippen molar-refractivity contribution in [3.63, 3.8) is 0 Å². The maximum Gasteiger partial charge on any atom is 0.322 e. The number of amides is 3. The summed E-state index contributed by atoms with van der Waals surface area (Å²) < 4.78 is 0. The Labute approximate surface area is 223 Å². The number of rotatable bonds is 9. The maximum absolute atomic E-state index is 13.7. The van der Waals surface area contributed by atoms with Crippen LogP contribution < -0.4 is 5.32 Å². The molecule has 7 heteroatoms. The molecule has 38 heavy (non-hydrogen) atoms. The molecule has 7 nitrogen and oxygen atoms in total. The second-order valence-electron chi connectivity index (χ2n) is 9.75. The molecule has 0 aliphatic carbocycles. The molecular formula is C31H33N5O2. The highest BCUT2D eigenvalue weighted by molar-refractivity contribution is 5.92. The largest absolute Gasteiger partial charge is 0.361 e. The van der Waals surface area contributed by atoms with E-state index in [9.17, 15) is 9.59 Å². The summed E-state index contributed by atoms with van der Waals surface area (Å²) in [6.07, 6.45) is 2.69. The first-order valence-corrected chi connectivity index (χ1v) is 12.8. The number of urea groups is 1. The first-order chi connectivity index (χ1) is 18.3. The van der Waals surface area contributed by atoms with Crippen molar-refractivity contribution >= 4 is 28.5 Å². The minimum Gasteiger partial charge on any atom is -0.361 e. The van der Waals surface area contributed by atoms with Crippen molar-refractivity contribution < 1.29 is 9.59 Å². The van der Waals surface area contributed by atoms with Gasteiger partial charge in [-0.15, -0.1) is 0 Å². The molecule has 0 bridgehead atoms. The molecule has 0 atom stereocenters. The number of benzene rings is 3. The van der Waals surface area contributed by atoms with E-state index in [1.807, 2.05) is 74.3 Å². The molecule has 2 N–H and O–H groups in total. The number of hydrogen-bond acceptors (Lipinski definition) is 3. The van der Waals surface area contributed by atoms with Crippen molar-refractivity contribution in [3.05, 3.63) is 101 Å². The molecule has 0 saturated carbocycles. The highest BCUT2D eigenvalue weighted by Gasteiger charge is 2.24. The standard InChI is InChI=1S/C31H33N5O2/c1-22(2)36(31(38)34-27-8-6-7-25(17-27)18-32)21-30(37)35(20-24-13-11-23(3)12-14-24)16-15-26-19-33-29-10-5-4-9-28(26)29/h4-14,17,19,22,33H,15-16,20-21H2,1-3H3,(H,34,38). The van der Waals surface area contributed by atoms with Gasteiger partial charge in [0.05, 0.1) is 11.6 Å². The van der Waals surface area contributed by atoms with E-state index < -0.39 is 0 Å². The van der Waals surface area contributed by atoms with E-state index in [2.05, 4.69) is 22.4 Å². The summed E-state index contributed by atoms with van der Waals surface area (Å²) in [5.74, 6) is -0.125. The highest BCUT2D eigenvalue weighted by atomic mass is 16.2. The van der Waals surface area contributed by atoms with Gasteiger partial charge in [-0.2, -0.15) is 5.26 Å². The monoisotopic (exact) mass is 507 g/mol. The molecule has 4 rings (SSSR count). The fraction of sp³-hybridized carbons (Fsp3) is 0.258. The molecule has 3 amide bonds. The van der Waals surface area contributed by atoms with Crippen LogP contribution >= 0.6 is 0 Å². The van der Waals surface area contributed by atoms with Gasteiger partial charge in [0.15, 0.2) is 0 Å². The summed E-state index contributed by atoms with van der Waals surface area (Å²) >= 11 is 0. The van der Waals surface area contributed by atoms with Gasteiger partial charge in [-0.05, 0) is 62.6 Å². The van der Waals surface area contributed by atoms with Crippen LogP contribution in [0.15, 0.2) is 79.0 Å². The van der Waals surface area contributed by atoms with Crippen LogP contribution in [0.25, 0.3) is 10.9 Å². The fourth-order valence-corrected chi connectivity index (χ4v) is 4.40.